The fourth-order valence-corrected chi connectivity index (χ4v) is 5.55. The van der Waals surface area contributed by atoms with Crippen molar-refractivity contribution in [2.24, 2.45) is 5.41 Å². The van der Waals surface area contributed by atoms with Gasteiger partial charge < -0.3 is 24.8 Å². The van der Waals surface area contributed by atoms with E-state index in [2.05, 4.69) is 29.6 Å². The number of ether oxygens (including phenoxy) is 2. The summed E-state index contributed by atoms with van der Waals surface area (Å²) >= 11 is 0. The number of benzene rings is 2. The van der Waals surface area contributed by atoms with Crippen molar-refractivity contribution >= 4 is 18.0 Å². The molecular weight excluding hydrogens is 448 g/mol. The minimum Gasteiger partial charge on any atom is -0.481 e. The van der Waals surface area contributed by atoms with Crippen molar-refractivity contribution in [3.05, 3.63) is 59.7 Å². The third-order valence-electron chi connectivity index (χ3n) is 7.72. The maximum Gasteiger partial charge on any atom is 0.408 e. The Kier molecular flexibility index (Phi) is 6.01. The zero-order valence-corrected chi connectivity index (χ0v) is 19.8. The highest BCUT2D eigenvalue weighted by Crippen LogP contribution is 2.44. The first-order valence-corrected chi connectivity index (χ1v) is 12.1. The summed E-state index contributed by atoms with van der Waals surface area (Å²) in [5.74, 6) is -1.26. The smallest absolute Gasteiger partial charge is 0.408 e. The van der Waals surface area contributed by atoms with Crippen molar-refractivity contribution < 1.29 is 29.0 Å². The number of carbonyl (C=O) groups excluding carboxylic acids is 2. The van der Waals surface area contributed by atoms with Crippen LogP contribution >= 0.6 is 0 Å². The van der Waals surface area contributed by atoms with Gasteiger partial charge in [-0.25, -0.2) is 4.79 Å². The molecule has 1 unspecified atom stereocenters. The van der Waals surface area contributed by atoms with Gasteiger partial charge in [0.15, 0.2) is 0 Å². The van der Waals surface area contributed by atoms with E-state index in [4.69, 9.17) is 9.47 Å². The van der Waals surface area contributed by atoms with Gasteiger partial charge in [0, 0.05) is 45.1 Å². The molecule has 35 heavy (non-hydrogen) atoms. The second-order valence-corrected chi connectivity index (χ2v) is 9.99. The molecule has 2 N–H and O–H groups in total. The van der Waals surface area contributed by atoms with Gasteiger partial charge in [0.2, 0.25) is 5.91 Å². The van der Waals surface area contributed by atoms with E-state index in [1.165, 1.54) is 0 Å². The first-order chi connectivity index (χ1) is 16.8. The van der Waals surface area contributed by atoms with Crippen LogP contribution < -0.4 is 5.32 Å². The quantitative estimate of drug-likeness (QED) is 0.683. The summed E-state index contributed by atoms with van der Waals surface area (Å²) in [6.07, 6.45) is 0.361. The van der Waals surface area contributed by atoms with Crippen LogP contribution in [0.25, 0.3) is 11.1 Å². The van der Waals surface area contributed by atoms with Crippen LogP contribution in [0.15, 0.2) is 48.5 Å². The Morgan fingerprint density at radius 1 is 1.03 bits per heavy atom. The number of aliphatic carboxylic acids is 1. The highest BCUT2D eigenvalue weighted by atomic mass is 16.5. The molecule has 0 saturated carbocycles. The first-order valence-electron chi connectivity index (χ1n) is 12.1. The second kappa shape index (κ2) is 9.00. The molecule has 2 saturated heterocycles. The van der Waals surface area contributed by atoms with Crippen LogP contribution in [0.3, 0.4) is 0 Å². The summed E-state index contributed by atoms with van der Waals surface area (Å²) < 4.78 is 11.2. The van der Waals surface area contributed by atoms with E-state index in [0.717, 1.165) is 22.3 Å². The fraction of sp³-hybridized carbons (Fsp3) is 0.444. The predicted molar refractivity (Wildman–Crippen MR) is 128 cm³/mol. The zero-order valence-electron chi connectivity index (χ0n) is 19.8. The van der Waals surface area contributed by atoms with Gasteiger partial charge in [-0.3, -0.25) is 9.59 Å². The van der Waals surface area contributed by atoms with E-state index >= 15 is 0 Å². The number of carbonyl (C=O) groups is 3. The molecule has 2 aromatic rings. The molecule has 0 bridgehead atoms. The van der Waals surface area contributed by atoms with Crippen LogP contribution in [-0.2, 0) is 19.1 Å². The topological polar surface area (TPSA) is 105 Å². The van der Waals surface area contributed by atoms with Gasteiger partial charge in [0.05, 0.1) is 5.41 Å². The van der Waals surface area contributed by atoms with E-state index in [1.54, 1.807) is 11.8 Å². The number of carboxylic acids is 1. The molecule has 2 amide bonds. The molecule has 8 nitrogen and oxygen atoms in total. The molecule has 3 aliphatic rings. The third-order valence-corrected chi connectivity index (χ3v) is 7.72. The SMILES string of the molecule is CC1(C(=O)O)CCN(C(=O)C2(NC(=O)OCC3c4ccccc4-c4ccccc43)CCOCC2)C1. The van der Waals surface area contributed by atoms with Crippen LogP contribution in [0.2, 0.25) is 0 Å². The number of alkyl carbamates (subject to hydrolysis) is 1. The highest BCUT2D eigenvalue weighted by molar-refractivity contribution is 5.91. The Bertz CT molecular complexity index is 1110. The maximum atomic E-state index is 13.6. The molecule has 0 aromatic heterocycles. The van der Waals surface area contributed by atoms with E-state index in [1.807, 2.05) is 24.3 Å². The Balaban J connectivity index is 1.30. The van der Waals surface area contributed by atoms with Crippen molar-refractivity contribution in [3.63, 3.8) is 0 Å². The average Bonchev–Trinajstić information content (AvgIpc) is 3.42. The summed E-state index contributed by atoms with van der Waals surface area (Å²) in [5, 5.41) is 12.4. The van der Waals surface area contributed by atoms with Gasteiger partial charge in [-0.1, -0.05) is 48.5 Å². The summed E-state index contributed by atoms with van der Waals surface area (Å²) in [6.45, 7) is 2.94. The Labute approximate surface area is 204 Å². The molecule has 184 valence electrons. The maximum absolute atomic E-state index is 13.6. The molecule has 0 spiro atoms. The largest absolute Gasteiger partial charge is 0.481 e. The van der Waals surface area contributed by atoms with Gasteiger partial charge in [0.1, 0.15) is 12.1 Å². The molecular formula is C27H30N2O6. The Hall–Kier alpha value is -3.39. The number of fused-ring (bicyclic) bond motifs is 3. The summed E-state index contributed by atoms with van der Waals surface area (Å²) in [6, 6.07) is 16.2. The van der Waals surface area contributed by atoms with Crippen molar-refractivity contribution in [3.8, 4) is 11.1 Å². The molecule has 2 heterocycles. The average molecular weight is 479 g/mol. The van der Waals surface area contributed by atoms with E-state index in [9.17, 15) is 19.5 Å². The van der Waals surface area contributed by atoms with Crippen molar-refractivity contribution in [2.75, 3.05) is 32.9 Å². The number of nitrogens with one attached hydrogen (secondary N) is 1. The molecule has 1 aliphatic carbocycles. The number of nitrogens with zero attached hydrogens (tertiary/aromatic N) is 1. The van der Waals surface area contributed by atoms with Gasteiger partial charge >= 0.3 is 12.1 Å². The Morgan fingerprint density at radius 2 is 1.63 bits per heavy atom. The number of amides is 2. The lowest BCUT2D eigenvalue weighted by Gasteiger charge is -2.39. The lowest BCUT2D eigenvalue weighted by atomic mass is 9.87. The molecule has 5 rings (SSSR count). The zero-order chi connectivity index (χ0) is 24.6. The highest BCUT2D eigenvalue weighted by Gasteiger charge is 2.49. The van der Waals surface area contributed by atoms with Crippen molar-refractivity contribution in [1.29, 1.82) is 0 Å². The standard InChI is InChI=1S/C27H30N2O6/c1-26(24(31)32)10-13-29(17-26)23(30)27(11-14-34-15-12-27)28-25(33)35-16-22-20-8-4-2-6-18(20)19-7-3-5-9-21(19)22/h2-9,22H,10-17H2,1H3,(H,28,33)(H,31,32). The van der Waals surface area contributed by atoms with E-state index in [0.29, 0.717) is 39.0 Å². The number of likely N-dealkylation sites (tertiary alicyclic amines) is 1. The van der Waals surface area contributed by atoms with E-state index in [-0.39, 0.29) is 25.0 Å². The second-order valence-electron chi connectivity index (χ2n) is 9.99. The number of carboxylic acid groups (broad SMARTS) is 1. The number of hydrogen-bond acceptors (Lipinski definition) is 5. The van der Waals surface area contributed by atoms with Crippen molar-refractivity contribution in [2.45, 2.75) is 37.6 Å². The number of hydrogen-bond donors (Lipinski definition) is 2. The van der Waals surface area contributed by atoms with Gasteiger partial charge in [-0.2, -0.15) is 0 Å². The van der Waals surface area contributed by atoms with Crippen LogP contribution in [0.4, 0.5) is 4.79 Å². The van der Waals surface area contributed by atoms with Crippen molar-refractivity contribution in [1.82, 2.24) is 10.2 Å². The van der Waals surface area contributed by atoms with E-state index < -0.39 is 23.0 Å². The molecule has 8 heteroatoms. The number of rotatable bonds is 5. The molecule has 2 aromatic carbocycles. The lowest BCUT2D eigenvalue weighted by Crippen LogP contribution is -2.62. The summed E-state index contributed by atoms with van der Waals surface area (Å²) in [5.41, 5.74) is 2.37. The van der Waals surface area contributed by atoms with Gasteiger partial charge in [0.25, 0.3) is 0 Å². The van der Waals surface area contributed by atoms with Crippen LogP contribution in [0, 0.1) is 5.41 Å². The molecule has 2 aliphatic heterocycles. The van der Waals surface area contributed by atoms with Gasteiger partial charge in [-0.15, -0.1) is 0 Å². The molecule has 1 atom stereocenters. The molecule has 2 fully saturated rings. The Morgan fingerprint density at radius 3 is 2.20 bits per heavy atom. The summed E-state index contributed by atoms with van der Waals surface area (Å²) in [4.78, 5) is 39.8. The molecule has 0 radical (unpaired) electrons. The first kappa shape index (κ1) is 23.4. The van der Waals surface area contributed by atoms with Crippen LogP contribution in [-0.4, -0.2) is 66.4 Å². The third kappa shape index (κ3) is 4.16. The van der Waals surface area contributed by atoms with Crippen LogP contribution in [0.1, 0.15) is 43.2 Å². The fourth-order valence-electron chi connectivity index (χ4n) is 5.55. The summed E-state index contributed by atoms with van der Waals surface area (Å²) in [7, 11) is 0. The van der Waals surface area contributed by atoms with Crippen LogP contribution in [0.5, 0.6) is 0 Å². The minimum atomic E-state index is -1.16. The lowest BCUT2D eigenvalue weighted by molar-refractivity contribution is -0.148. The minimum absolute atomic E-state index is 0.0793. The monoisotopic (exact) mass is 478 g/mol. The normalized spacial score (nSPS) is 22.8. The van der Waals surface area contributed by atoms with Gasteiger partial charge in [-0.05, 0) is 35.6 Å². The predicted octanol–water partition coefficient (Wildman–Crippen LogP) is 3.40.